The van der Waals surface area contributed by atoms with Crippen LogP contribution in [0.1, 0.15) is 48.3 Å². The SMILES string of the molecule is CCC(NC(=O)c1cnn(C(C)C(=O)O)c1)c1ccccc1. The molecule has 2 aromatic rings. The van der Waals surface area contributed by atoms with E-state index in [4.69, 9.17) is 5.11 Å². The number of carbonyl (C=O) groups excluding carboxylic acids is 1. The molecule has 0 saturated heterocycles. The van der Waals surface area contributed by atoms with Crippen LogP contribution in [0.5, 0.6) is 0 Å². The van der Waals surface area contributed by atoms with Crippen LogP contribution in [0, 0.1) is 0 Å². The molecule has 6 nitrogen and oxygen atoms in total. The quantitative estimate of drug-likeness (QED) is 0.858. The third kappa shape index (κ3) is 3.52. The van der Waals surface area contributed by atoms with E-state index in [1.807, 2.05) is 37.3 Å². The molecule has 0 fully saturated rings. The van der Waals surface area contributed by atoms with Gasteiger partial charge < -0.3 is 10.4 Å². The number of hydrogen-bond donors (Lipinski definition) is 2. The summed E-state index contributed by atoms with van der Waals surface area (Å²) in [6, 6.07) is 8.81. The molecular formula is C16H19N3O3. The number of benzene rings is 1. The number of carboxylic acid groups (broad SMARTS) is 1. The molecule has 0 aliphatic rings. The van der Waals surface area contributed by atoms with Crippen molar-refractivity contribution in [1.29, 1.82) is 0 Å². The lowest BCUT2D eigenvalue weighted by molar-refractivity contribution is -0.140. The van der Waals surface area contributed by atoms with Gasteiger partial charge in [0.2, 0.25) is 0 Å². The molecule has 6 heteroatoms. The van der Waals surface area contributed by atoms with E-state index in [-0.39, 0.29) is 11.9 Å². The molecule has 0 bridgehead atoms. The van der Waals surface area contributed by atoms with Crippen LogP contribution in [-0.4, -0.2) is 26.8 Å². The Morgan fingerprint density at radius 3 is 2.59 bits per heavy atom. The molecule has 0 aliphatic heterocycles. The smallest absolute Gasteiger partial charge is 0.328 e. The first-order valence-corrected chi connectivity index (χ1v) is 7.15. The van der Waals surface area contributed by atoms with Crippen molar-refractivity contribution in [2.45, 2.75) is 32.4 Å². The molecule has 1 heterocycles. The lowest BCUT2D eigenvalue weighted by atomic mass is 10.0. The van der Waals surface area contributed by atoms with Crippen LogP contribution in [0.15, 0.2) is 42.7 Å². The largest absolute Gasteiger partial charge is 0.480 e. The van der Waals surface area contributed by atoms with E-state index in [1.54, 1.807) is 0 Å². The minimum atomic E-state index is -0.995. The highest BCUT2D eigenvalue weighted by Crippen LogP contribution is 2.17. The summed E-state index contributed by atoms with van der Waals surface area (Å²) >= 11 is 0. The summed E-state index contributed by atoms with van der Waals surface area (Å²) < 4.78 is 1.26. The summed E-state index contributed by atoms with van der Waals surface area (Å²) in [5.41, 5.74) is 1.38. The van der Waals surface area contributed by atoms with Gasteiger partial charge >= 0.3 is 5.97 Å². The maximum atomic E-state index is 12.3. The monoisotopic (exact) mass is 301 g/mol. The second-order valence-electron chi connectivity index (χ2n) is 5.07. The Bertz CT molecular complexity index is 652. The highest BCUT2D eigenvalue weighted by atomic mass is 16.4. The van der Waals surface area contributed by atoms with Crippen molar-refractivity contribution >= 4 is 11.9 Å². The van der Waals surface area contributed by atoms with Gasteiger partial charge in [0.25, 0.3) is 5.91 Å². The van der Waals surface area contributed by atoms with Gasteiger partial charge in [-0.05, 0) is 18.9 Å². The number of nitrogens with one attached hydrogen (secondary N) is 1. The number of nitrogens with zero attached hydrogens (tertiary/aromatic N) is 2. The van der Waals surface area contributed by atoms with Gasteiger partial charge in [0.1, 0.15) is 6.04 Å². The minimum Gasteiger partial charge on any atom is -0.480 e. The first-order valence-electron chi connectivity index (χ1n) is 7.15. The zero-order valence-corrected chi connectivity index (χ0v) is 12.6. The van der Waals surface area contributed by atoms with Crippen molar-refractivity contribution in [3.63, 3.8) is 0 Å². The van der Waals surface area contributed by atoms with Gasteiger partial charge in [-0.15, -0.1) is 0 Å². The van der Waals surface area contributed by atoms with Gasteiger partial charge in [-0.1, -0.05) is 37.3 Å². The van der Waals surface area contributed by atoms with Gasteiger partial charge in [-0.2, -0.15) is 5.10 Å². The Kier molecular flexibility index (Phi) is 4.93. The van der Waals surface area contributed by atoms with Crippen molar-refractivity contribution in [3.8, 4) is 0 Å². The van der Waals surface area contributed by atoms with E-state index in [2.05, 4.69) is 10.4 Å². The van der Waals surface area contributed by atoms with Gasteiger partial charge in [0.15, 0.2) is 0 Å². The highest BCUT2D eigenvalue weighted by Gasteiger charge is 2.18. The fourth-order valence-electron chi connectivity index (χ4n) is 2.13. The van der Waals surface area contributed by atoms with Gasteiger partial charge in [-0.25, -0.2) is 4.79 Å². The third-order valence-corrected chi connectivity index (χ3v) is 3.53. The van der Waals surface area contributed by atoms with Crippen LogP contribution in [0.2, 0.25) is 0 Å². The van der Waals surface area contributed by atoms with Crippen LogP contribution in [0.4, 0.5) is 0 Å². The third-order valence-electron chi connectivity index (χ3n) is 3.53. The molecule has 1 aromatic heterocycles. The maximum Gasteiger partial charge on any atom is 0.328 e. The van der Waals surface area contributed by atoms with Crippen LogP contribution < -0.4 is 5.32 Å². The number of rotatable bonds is 6. The van der Waals surface area contributed by atoms with E-state index in [0.29, 0.717) is 5.56 Å². The summed E-state index contributed by atoms with van der Waals surface area (Å²) in [6.45, 7) is 3.50. The molecule has 1 amide bonds. The Morgan fingerprint density at radius 1 is 1.32 bits per heavy atom. The highest BCUT2D eigenvalue weighted by molar-refractivity contribution is 5.94. The Hall–Kier alpha value is -2.63. The number of hydrogen-bond acceptors (Lipinski definition) is 3. The van der Waals surface area contributed by atoms with Crippen LogP contribution in [-0.2, 0) is 4.79 Å². The number of carbonyl (C=O) groups is 2. The molecule has 0 spiro atoms. The van der Waals surface area contributed by atoms with Crippen LogP contribution in [0.25, 0.3) is 0 Å². The van der Waals surface area contributed by atoms with Crippen molar-refractivity contribution in [2.75, 3.05) is 0 Å². The predicted molar refractivity (Wildman–Crippen MR) is 81.5 cm³/mol. The maximum absolute atomic E-state index is 12.3. The molecule has 2 N–H and O–H groups in total. The van der Waals surface area contributed by atoms with Gasteiger partial charge in [-0.3, -0.25) is 9.48 Å². The van der Waals surface area contributed by atoms with Crippen LogP contribution >= 0.6 is 0 Å². The zero-order chi connectivity index (χ0) is 16.1. The molecule has 0 radical (unpaired) electrons. The van der Waals surface area contributed by atoms with Gasteiger partial charge in [0.05, 0.1) is 17.8 Å². The van der Waals surface area contributed by atoms with E-state index >= 15 is 0 Å². The standard InChI is InChI=1S/C16H19N3O3/c1-3-14(12-7-5-4-6-8-12)18-15(20)13-9-17-19(10-13)11(2)16(21)22/h4-11,14H,3H2,1-2H3,(H,18,20)(H,21,22). The molecule has 1 aromatic carbocycles. The van der Waals surface area contributed by atoms with Crippen molar-refractivity contribution < 1.29 is 14.7 Å². The molecule has 116 valence electrons. The second-order valence-corrected chi connectivity index (χ2v) is 5.07. The lowest BCUT2D eigenvalue weighted by Gasteiger charge is -2.16. The fraction of sp³-hybridized carbons (Fsp3) is 0.312. The number of amides is 1. The summed E-state index contributed by atoms with van der Waals surface area (Å²) in [4.78, 5) is 23.2. The minimum absolute atomic E-state index is 0.0889. The number of aliphatic carboxylic acids is 1. The second kappa shape index (κ2) is 6.89. The molecular weight excluding hydrogens is 282 g/mol. The van der Waals surface area contributed by atoms with Crippen molar-refractivity contribution in [3.05, 3.63) is 53.9 Å². The topological polar surface area (TPSA) is 84.2 Å². The first kappa shape index (κ1) is 15.8. The summed E-state index contributed by atoms with van der Waals surface area (Å²) in [5.74, 6) is -1.26. The molecule has 0 aliphatic carbocycles. The first-order chi connectivity index (χ1) is 10.5. The van der Waals surface area contributed by atoms with E-state index < -0.39 is 12.0 Å². The normalized spacial score (nSPS) is 13.4. The van der Waals surface area contributed by atoms with E-state index in [0.717, 1.165) is 12.0 Å². The average molecular weight is 301 g/mol. The molecule has 2 rings (SSSR count). The Labute approximate surface area is 128 Å². The molecule has 2 unspecified atom stereocenters. The molecule has 0 saturated carbocycles. The fourth-order valence-corrected chi connectivity index (χ4v) is 2.13. The van der Waals surface area contributed by atoms with Gasteiger partial charge in [0, 0.05) is 6.20 Å². The van der Waals surface area contributed by atoms with E-state index in [9.17, 15) is 9.59 Å². The predicted octanol–water partition coefficient (Wildman–Crippen LogP) is 2.41. The lowest BCUT2D eigenvalue weighted by Crippen LogP contribution is -2.28. The van der Waals surface area contributed by atoms with Crippen molar-refractivity contribution in [1.82, 2.24) is 15.1 Å². The molecule has 22 heavy (non-hydrogen) atoms. The van der Waals surface area contributed by atoms with E-state index in [1.165, 1.54) is 24.0 Å². The Balaban J connectivity index is 2.10. The Morgan fingerprint density at radius 2 is 2.00 bits per heavy atom. The average Bonchev–Trinajstić information content (AvgIpc) is 3.02. The van der Waals surface area contributed by atoms with Crippen LogP contribution in [0.3, 0.4) is 0 Å². The number of carboxylic acids is 1. The zero-order valence-electron chi connectivity index (χ0n) is 12.6. The van der Waals surface area contributed by atoms with Crippen molar-refractivity contribution in [2.24, 2.45) is 0 Å². The summed E-state index contributed by atoms with van der Waals surface area (Å²) in [6.07, 6.45) is 3.59. The summed E-state index contributed by atoms with van der Waals surface area (Å²) in [5, 5.41) is 15.8. The summed E-state index contributed by atoms with van der Waals surface area (Å²) in [7, 11) is 0. The number of aromatic nitrogens is 2. The molecule has 2 atom stereocenters.